The Labute approximate surface area is 260 Å². The van der Waals surface area contributed by atoms with E-state index < -0.39 is 23.0 Å². The number of carbonyl (C=O) groups excluding carboxylic acids is 2. The zero-order valence-electron chi connectivity index (χ0n) is 24.6. The van der Waals surface area contributed by atoms with Crippen LogP contribution < -0.4 is 10.5 Å². The van der Waals surface area contributed by atoms with Gasteiger partial charge in [0.25, 0.3) is 11.5 Å². The van der Waals surface area contributed by atoms with Crippen LogP contribution in [0.15, 0.2) is 121 Å². The van der Waals surface area contributed by atoms with Gasteiger partial charge in [0, 0.05) is 44.1 Å². The summed E-state index contributed by atoms with van der Waals surface area (Å²) >= 11 is 0. The van der Waals surface area contributed by atoms with Gasteiger partial charge in [-0.1, -0.05) is 60.7 Å². The molecular formula is C35H32N6O4. The van der Waals surface area contributed by atoms with E-state index in [9.17, 15) is 19.5 Å². The van der Waals surface area contributed by atoms with Crippen LogP contribution in [-0.2, 0) is 22.6 Å². The van der Waals surface area contributed by atoms with Crippen molar-refractivity contribution in [1.82, 2.24) is 24.2 Å². The second-order valence-electron chi connectivity index (χ2n) is 10.9. The molecule has 1 fully saturated rings. The van der Waals surface area contributed by atoms with Crippen molar-refractivity contribution in [2.45, 2.75) is 13.0 Å². The number of amides is 1. The molecule has 0 spiro atoms. The number of anilines is 1. The van der Waals surface area contributed by atoms with E-state index in [0.29, 0.717) is 39.1 Å². The third kappa shape index (κ3) is 6.91. The largest absolute Gasteiger partial charge is 0.507 e. The van der Waals surface area contributed by atoms with E-state index in [1.54, 1.807) is 23.3 Å². The van der Waals surface area contributed by atoms with Gasteiger partial charge in [-0.05, 0) is 53.4 Å². The van der Waals surface area contributed by atoms with Crippen LogP contribution in [-0.4, -0.2) is 67.2 Å². The topological polar surface area (TPSA) is 114 Å². The molecule has 0 atom stereocenters. The number of piperazine rings is 1. The first-order chi connectivity index (χ1) is 21.9. The van der Waals surface area contributed by atoms with Crippen LogP contribution in [0.2, 0.25) is 0 Å². The van der Waals surface area contributed by atoms with Crippen LogP contribution in [0.1, 0.15) is 22.3 Å². The molecule has 0 radical (unpaired) electrons. The fraction of sp³-hybridized carbons (Fsp3) is 0.171. The zero-order chi connectivity index (χ0) is 31.2. The van der Waals surface area contributed by atoms with E-state index in [0.717, 1.165) is 34.1 Å². The van der Waals surface area contributed by atoms with Crippen molar-refractivity contribution in [2.24, 2.45) is 0 Å². The Bertz CT molecular complexity index is 1860. The minimum absolute atomic E-state index is 0.0281. The Hall–Kier alpha value is -5.77. The maximum absolute atomic E-state index is 13.5. The van der Waals surface area contributed by atoms with E-state index in [1.807, 2.05) is 84.9 Å². The molecule has 1 amide bonds. The third-order valence-electron chi connectivity index (χ3n) is 7.81. The molecule has 2 aromatic heterocycles. The summed E-state index contributed by atoms with van der Waals surface area (Å²) in [6, 6.07) is 28.8. The average Bonchev–Trinajstić information content (AvgIpc) is 3.62. The van der Waals surface area contributed by atoms with Gasteiger partial charge in [-0.25, -0.2) is 9.67 Å². The Kier molecular flexibility index (Phi) is 8.63. The molecule has 3 aromatic carbocycles. The lowest BCUT2D eigenvalue weighted by Crippen LogP contribution is -2.50. The lowest BCUT2D eigenvalue weighted by atomic mass is 10.0. The molecule has 10 nitrogen and oxygen atoms in total. The number of hydrogen-bond acceptors (Lipinski definition) is 7. The first-order valence-corrected chi connectivity index (χ1v) is 14.7. The van der Waals surface area contributed by atoms with Crippen molar-refractivity contribution in [3.63, 3.8) is 0 Å². The fourth-order valence-corrected chi connectivity index (χ4v) is 5.45. The van der Waals surface area contributed by atoms with Gasteiger partial charge in [-0.2, -0.15) is 5.10 Å². The highest BCUT2D eigenvalue weighted by molar-refractivity contribution is 6.41. The number of ketones is 1. The molecule has 5 aromatic rings. The molecule has 10 heteroatoms. The van der Waals surface area contributed by atoms with Crippen molar-refractivity contribution < 1.29 is 14.7 Å². The highest BCUT2D eigenvalue weighted by Gasteiger charge is 2.26. The summed E-state index contributed by atoms with van der Waals surface area (Å²) in [6.07, 6.45) is 6.27. The van der Waals surface area contributed by atoms with E-state index >= 15 is 0 Å². The number of aliphatic hydroxyl groups is 1. The van der Waals surface area contributed by atoms with Crippen LogP contribution in [0.4, 0.5) is 5.69 Å². The van der Waals surface area contributed by atoms with Gasteiger partial charge in [-0.15, -0.1) is 0 Å². The predicted molar refractivity (Wildman–Crippen MR) is 171 cm³/mol. The molecule has 0 aliphatic carbocycles. The monoisotopic (exact) mass is 600 g/mol. The Morgan fingerprint density at radius 2 is 1.44 bits per heavy atom. The van der Waals surface area contributed by atoms with Crippen molar-refractivity contribution >= 4 is 23.1 Å². The van der Waals surface area contributed by atoms with Gasteiger partial charge in [0.05, 0.1) is 17.8 Å². The quantitative estimate of drug-likeness (QED) is 0.155. The van der Waals surface area contributed by atoms with Crippen LogP contribution >= 0.6 is 0 Å². The molecule has 1 N–H and O–H groups in total. The van der Waals surface area contributed by atoms with Gasteiger partial charge in [0.2, 0.25) is 5.78 Å². The van der Waals surface area contributed by atoms with Gasteiger partial charge in [0.15, 0.2) is 0 Å². The summed E-state index contributed by atoms with van der Waals surface area (Å²) < 4.78 is 3.20. The highest BCUT2D eigenvalue weighted by Crippen LogP contribution is 2.20. The standard InChI is InChI=1S/C35H32N6O4/c42-32(31-20-28(19-26-7-3-1-4-8-26)23-40(34(31)44)22-27-9-5-2-6-10-27)21-33(43)35(45)39-17-15-38(16-18-39)29-11-13-30(14-12-29)41-25-36-24-37-41/h1-14,20-21,23-25,42H,15-19,22H2/b32-21+. The van der Waals surface area contributed by atoms with E-state index in [-0.39, 0.29) is 5.56 Å². The van der Waals surface area contributed by atoms with Gasteiger partial charge in [0.1, 0.15) is 18.4 Å². The molecule has 1 saturated heterocycles. The molecule has 6 rings (SSSR count). The fourth-order valence-electron chi connectivity index (χ4n) is 5.45. The summed E-state index contributed by atoms with van der Waals surface area (Å²) in [6.45, 7) is 2.08. The molecule has 1 aliphatic rings. The number of pyridine rings is 1. The van der Waals surface area contributed by atoms with Gasteiger partial charge >= 0.3 is 0 Å². The minimum Gasteiger partial charge on any atom is -0.507 e. The molecule has 1 aliphatic heterocycles. The van der Waals surface area contributed by atoms with E-state index in [4.69, 9.17) is 0 Å². The number of carbonyl (C=O) groups is 2. The van der Waals surface area contributed by atoms with Gasteiger partial charge < -0.3 is 19.5 Å². The zero-order valence-corrected chi connectivity index (χ0v) is 24.6. The average molecular weight is 601 g/mol. The van der Waals surface area contributed by atoms with Crippen molar-refractivity contribution in [3.05, 3.63) is 149 Å². The number of nitrogens with zero attached hydrogens (tertiary/aromatic N) is 6. The molecular weight excluding hydrogens is 568 g/mol. The Balaban J connectivity index is 1.16. The minimum atomic E-state index is -0.874. The summed E-state index contributed by atoms with van der Waals surface area (Å²) in [5.41, 5.74) is 4.15. The Morgan fingerprint density at radius 3 is 2.09 bits per heavy atom. The summed E-state index contributed by atoms with van der Waals surface area (Å²) in [5, 5.41) is 15.2. The van der Waals surface area contributed by atoms with Crippen molar-refractivity contribution in [2.75, 3.05) is 31.1 Å². The first kappa shape index (κ1) is 29.3. The van der Waals surface area contributed by atoms with Crippen LogP contribution in [0.3, 0.4) is 0 Å². The number of benzene rings is 3. The number of rotatable bonds is 9. The van der Waals surface area contributed by atoms with Crippen LogP contribution in [0.25, 0.3) is 11.4 Å². The summed E-state index contributed by atoms with van der Waals surface area (Å²) in [7, 11) is 0. The molecule has 0 saturated carbocycles. The maximum atomic E-state index is 13.5. The van der Waals surface area contributed by atoms with E-state index in [1.165, 1.54) is 15.8 Å². The van der Waals surface area contributed by atoms with Crippen molar-refractivity contribution in [3.8, 4) is 5.69 Å². The third-order valence-corrected chi connectivity index (χ3v) is 7.81. The van der Waals surface area contributed by atoms with Crippen LogP contribution in [0, 0.1) is 0 Å². The number of hydrogen-bond donors (Lipinski definition) is 1. The van der Waals surface area contributed by atoms with Gasteiger partial charge in [-0.3, -0.25) is 14.4 Å². The maximum Gasteiger partial charge on any atom is 0.294 e. The number of aliphatic hydroxyl groups excluding tert-OH is 1. The normalized spacial score (nSPS) is 13.6. The van der Waals surface area contributed by atoms with Crippen molar-refractivity contribution in [1.29, 1.82) is 0 Å². The second-order valence-corrected chi connectivity index (χ2v) is 10.9. The first-order valence-electron chi connectivity index (χ1n) is 14.7. The molecule has 0 bridgehead atoms. The Morgan fingerprint density at radius 1 is 0.800 bits per heavy atom. The summed E-state index contributed by atoms with van der Waals surface area (Å²) in [5.74, 6) is -2.12. The highest BCUT2D eigenvalue weighted by atomic mass is 16.3. The molecule has 0 unspecified atom stereocenters. The second kappa shape index (κ2) is 13.3. The number of aromatic nitrogens is 4. The SMILES string of the molecule is O=C(/C=C(/O)c1cc(Cc2ccccc2)cn(Cc2ccccc2)c1=O)C(=O)N1CCN(c2ccc(-n3cncn3)cc2)CC1. The van der Waals surface area contributed by atoms with Crippen LogP contribution in [0.5, 0.6) is 0 Å². The predicted octanol–water partition coefficient (Wildman–Crippen LogP) is 3.88. The van der Waals surface area contributed by atoms with E-state index in [2.05, 4.69) is 15.0 Å². The molecule has 3 heterocycles. The lowest BCUT2D eigenvalue weighted by molar-refractivity contribution is -0.142. The smallest absolute Gasteiger partial charge is 0.294 e. The lowest BCUT2D eigenvalue weighted by Gasteiger charge is -2.35. The summed E-state index contributed by atoms with van der Waals surface area (Å²) in [4.78, 5) is 47.2. The molecule has 45 heavy (non-hydrogen) atoms. The molecule has 226 valence electrons.